The second-order valence-electron chi connectivity index (χ2n) is 5.77. The maximum atomic E-state index is 11.6. The molecule has 0 radical (unpaired) electrons. The first-order valence-corrected chi connectivity index (χ1v) is 9.09. The monoisotopic (exact) mass is 341 g/mol. The van der Waals surface area contributed by atoms with E-state index >= 15 is 0 Å². The quantitative estimate of drug-likeness (QED) is 0.916. The van der Waals surface area contributed by atoms with Gasteiger partial charge < -0.3 is 9.84 Å². The fraction of sp³-hybridized carbons (Fsp3) is 0.429. The molecule has 1 aliphatic heterocycles. The lowest BCUT2D eigenvalue weighted by molar-refractivity contribution is 0.327. The number of aromatic nitrogens is 2. The molecule has 0 spiro atoms. The molecule has 0 saturated carbocycles. The number of nitrogens with one attached hydrogen (secondary N) is 1. The lowest BCUT2D eigenvalue weighted by Gasteiger charge is -2.22. The molecule has 3 rings (SSSR count). The van der Waals surface area contributed by atoms with E-state index in [0.717, 1.165) is 5.56 Å². The predicted octanol–water partition coefficient (Wildman–Crippen LogP) is 2.06. The average molecular weight is 342 g/mol. The maximum Gasteiger partial charge on any atom is 0.240 e. The van der Waals surface area contributed by atoms with Crippen molar-refractivity contribution in [1.29, 1.82) is 0 Å². The first-order chi connectivity index (χ1) is 10.4. The predicted molar refractivity (Wildman–Crippen MR) is 83.3 cm³/mol. The molecule has 0 aliphatic carbocycles. The minimum absolute atomic E-state index is 0.137. The van der Waals surface area contributed by atoms with Gasteiger partial charge in [0.2, 0.25) is 11.7 Å². The molecule has 118 valence electrons. The fourth-order valence-electron chi connectivity index (χ4n) is 2.48. The van der Waals surface area contributed by atoms with Gasteiger partial charge in [-0.15, -0.1) is 0 Å². The van der Waals surface area contributed by atoms with E-state index in [1.807, 2.05) is 19.1 Å². The summed E-state index contributed by atoms with van der Waals surface area (Å²) in [5, 5.41) is 7.78. The summed E-state index contributed by atoms with van der Waals surface area (Å²) >= 11 is 5.84. The van der Waals surface area contributed by atoms with Gasteiger partial charge in [-0.3, -0.25) is 0 Å². The van der Waals surface area contributed by atoms with Crippen molar-refractivity contribution in [2.75, 3.05) is 11.5 Å². The zero-order chi connectivity index (χ0) is 15.8. The summed E-state index contributed by atoms with van der Waals surface area (Å²) in [6, 6.07) is 7.15. The van der Waals surface area contributed by atoms with E-state index in [4.69, 9.17) is 16.1 Å². The molecular weight excluding hydrogens is 326 g/mol. The van der Waals surface area contributed by atoms with E-state index in [1.165, 1.54) is 0 Å². The lowest BCUT2D eigenvalue weighted by atomic mass is 10.0. The molecule has 2 aromatic rings. The second-order valence-corrected chi connectivity index (χ2v) is 8.40. The molecule has 1 aromatic carbocycles. The van der Waals surface area contributed by atoms with Crippen LogP contribution in [0.5, 0.6) is 0 Å². The Morgan fingerprint density at radius 3 is 2.73 bits per heavy atom. The van der Waals surface area contributed by atoms with Crippen LogP contribution in [0.25, 0.3) is 11.4 Å². The zero-order valence-corrected chi connectivity index (χ0v) is 13.6. The average Bonchev–Trinajstić information content (AvgIpc) is 3.03. The summed E-state index contributed by atoms with van der Waals surface area (Å²) in [7, 11) is -2.94. The van der Waals surface area contributed by atoms with Crippen molar-refractivity contribution >= 4 is 21.4 Å². The number of sulfone groups is 1. The maximum absolute atomic E-state index is 11.6. The molecule has 1 atom stereocenters. The van der Waals surface area contributed by atoms with Crippen molar-refractivity contribution in [2.24, 2.45) is 0 Å². The highest BCUT2D eigenvalue weighted by Crippen LogP contribution is 2.23. The second kappa shape index (κ2) is 5.64. The number of halogens is 1. The summed E-state index contributed by atoms with van der Waals surface area (Å²) in [5.74, 6) is 1.27. The van der Waals surface area contributed by atoms with Crippen LogP contribution in [-0.2, 0) is 16.4 Å². The minimum Gasteiger partial charge on any atom is -0.338 e. The molecule has 0 unspecified atom stereocenters. The van der Waals surface area contributed by atoms with Crippen molar-refractivity contribution in [3.63, 3.8) is 0 Å². The van der Waals surface area contributed by atoms with E-state index in [0.29, 0.717) is 29.7 Å². The van der Waals surface area contributed by atoms with Gasteiger partial charge in [0.25, 0.3) is 0 Å². The van der Waals surface area contributed by atoms with Gasteiger partial charge in [0.1, 0.15) is 0 Å². The fourth-order valence-corrected chi connectivity index (χ4v) is 4.73. The van der Waals surface area contributed by atoms with Crippen molar-refractivity contribution in [2.45, 2.75) is 25.4 Å². The molecule has 1 aliphatic rings. The van der Waals surface area contributed by atoms with Crippen molar-refractivity contribution in [3.05, 3.63) is 35.2 Å². The molecule has 6 nitrogen and oxygen atoms in total. The van der Waals surface area contributed by atoms with E-state index in [9.17, 15) is 8.42 Å². The Bertz CT molecular complexity index is 773. The molecule has 1 N–H and O–H groups in total. The summed E-state index contributed by atoms with van der Waals surface area (Å²) in [6.07, 6.45) is 0.591. The first-order valence-electron chi connectivity index (χ1n) is 6.89. The molecular formula is C14H16ClN3O3S. The Morgan fingerprint density at radius 2 is 2.09 bits per heavy atom. The summed E-state index contributed by atoms with van der Waals surface area (Å²) in [6.45, 7) is 2.24. The van der Waals surface area contributed by atoms with Crippen LogP contribution < -0.4 is 5.32 Å². The van der Waals surface area contributed by atoms with Crippen LogP contribution >= 0.6 is 11.6 Å². The number of rotatable bonds is 4. The van der Waals surface area contributed by atoms with Gasteiger partial charge in [-0.25, -0.2) is 8.42 Å². The van der Waals surface area contributed by atoms with Gasteiger partial charge in [0.15, 0.2) is 9.84 Å². The van der Waals surface area contributed by atoms with Crippen LogP contribution in [0.4, 0.5) is 0 Å². The lowest BCUT2D eigenvalue weighted by Crippen LogP contribution is -2.42. The van der Waals surface area contributed by atoms with Crippen LogP contribution in [0.2, 0.25) is 5.02 Å². The van der Waals surface area contributed by atoms with Gasteiger partial charge in [-0.05, 0) is 37.6 Å². The van der Waals surface area contributed by atoms with Gasteiger partial charge in [0.05, 0.1) is 18.1 Å². The highest BCUT2D eigenvalue weighted by Gasteiger charge is 2.38. The van der Waals surface area contributed by atoms with Crippen molar-refractivity contribution in [3.8, 4) is 11.4 Å². The normalized spacial score (nSPS) is 23.7. The smallest absolute Gasteiger partial charge is 0.240 e. The van der Waals surface area contributed by atoms with Crippen molar-refractivity contribution < 1.29 is 12.9 Å². The summed E-state index contributed by atoms with van der Waals surface area (Å²) in [5.41, 5.74) is 0.377. The van der Waals surface area contributed by atoms with Crippen LogP contribution in [-0.4, -0.2) is 35.6 Å². The summed E-state index contributed by atoms with van der Waals surface area (Å²) in [4.78, 5) is 4.31. The number of hydrogen-bond acceptors (Lipinski definition) is 6. The van der Waals surface area contributed by atoms with Gasteiger partial charge in [-0.2, -0.15) is 4.98 Å². The van der Waals surface area contributed by atoms with Gasteiger partial charge in [-0.1, -0.05) is 16.8 Å². The Balaban J connectivity index is 1.66. The van der Waals surface area contributed by atoms with Crippen molar-refractivity contribution in [1.82, 2.24) is 15.5 Å². The summed E-state index contributed by atoms with van der Waals surface area (Å²) < 4.78 is 28.3. The Labute approximate surface area is 133 Å². The van der Waals surface area contributed by atoms with Crippen LogP contribution in [0.1, 0.15) is 19.2 Å². The largest absolute Gasteiger partial charge is 0.338 e. The Morgan fingerprint density at radius 1 is 1.36 bits per heavy atom. The number of benzene rings is 1. The number of hydrogen-bond donors (Lipinski definition) is 1. The molecule has 1 saturated heterocycles. The van der Waals surface area contributed by atoms with Crippen LogP contribution in [0.15, 0.2) is 28.8 Å². The Hall–Kier alpha value is -1.44. The molecule has 8 heteroatoms. The van der Waals surface area contributed by atoms with Gasteiger partial charge in [0, 0.05) is 16.1 Å². The molecule has 1 fully saturated rings. The van der Waals surface area contributed by atoms with E-state index in [2.05, 4.69) is 15.5 Å². The molecule has 2 heterocycles. The zero-order valence-electron chi connectivity index (χ0n) is 12.0. The molecule has 0 amide bonds. The third-order valence-electron chi connectivity index (χ3n) is 3.74. The third-order valence-corrected chi connectivity index (χ3v) is 5.90. The van der Waals surface area contributed by atoms with E-state index in [-0.39, 0.29) is 11.5 Å². The minimum atomic E-state index is -2.94. The standard InChI is InChI=1S/C14H16ClN3O3S/c1-14(6-7-22(19,20)9-14)16-8-12-17-13(18-21-12)10-2-4-11(15)5-3-10/h2-5,16H,6-9H2,1H3/t14-/m1/s1. The Kier molecular flexibility index (Phi) is 3.96. The molecule has 1 aromatic heterocycles. The van der Waals surface area contributed by atoms with Crippen LogP contribution in [0.3, 0.4) is 0 Å². The molecule has 22 heavy (non-hydrogen) atoms. The SMILES string of the molecule is C[C@@]1(NCc2nc(-c3ccc(Cl)cc3)no2)CCS(=O)(=O)C1. The highest BCUT2D eigenvalue weighted by atomic mass is 35.5. The van der Waals surface area contributed by atoms with E-state index in [1.54, 1.807) is 12.1 Å². The van der Waals surface area contributed by atoms with Crippen LogP contribution in [0, 0.1) is 0 Å². The number of nitrogens with zero attached hydrogens (tertiary/aromatic N) is 2. The third kappa shape index (κ3) is 3.48. The van der Waals surface area contributed by atoms with Gasteiger partial charge >= 0.3 is 0 Å². The molecule has 0 bridgehead atoms. The highest BCUT2D eigenvalue weighted by molar-refractivity contribution is 7.91. The van der Waals surface area contributed by atoms with E-state index < -0.39 is 15.4 Å². The first kappa shape index (κ1) is 15.5. The topological polar surface area (TPSA) is 85.1 Å².